The highest BCUT2D eigenvalue weighted by Gasteiger charge is 2.36. The highest BCUT2D eigenvalue weighted by atomic mass is 16.5. The number of aliphatic hydroxyl groups excluding tert-OH is 2. The van der Waals surface area contributed by atoms with Crippen LogP contribution in [0.1, 0.15) is 31.4 Å². The van der Waals surface area contributed by atoms with Crippen LogP contribution in [0.15, 0.2) is 27.3 Å². The van der Waals surface area contributed by atoms with E-state index in [0.717, 1.165) is 13.0 Å². The monoisotopic (exact) mass is 748 g/mol. The van der Waals surface area contributed by atoms with Gasteiger partial charge in [0.1, 0.15) is 11.5 Å². The predicted molar refractivity (Wildman–Crippen MR) is 200 cm³/mol. The third kappa shape index (κ3) is 6.17. The first kappa shape index (κ1) is 39.2. The maximum Gasteiger partial charge on any atom is 0.335 e. The van der Waals surface area contributed by atoms with E-state index >= 15 is 0 Å². The SMILES string of the molecule is COc1c(O)c2c(=O)cc(OC)c3c4c(OC)cc(=O)c5c(O)c(NCCCN(C)C)c6c(c(c1C(C(C)=O)=C(C)C6)c23)c54.O=C(O)C(O)C(O)C(=O)O. The second-order valence-electron chi connectivity index (χ2n) is 13.2. The molecule has 5 aromatic carbocycles. The minimum atomic E-state index is -2.27. The third-order valence-corrected chi connectivity index (χ3v) is 9.52. The van der Waals surface area contributed by atoms with Crippen LogP contribution in [0, 0.1) is 0 Å². The number of Topliss-reactive ketones (excluding diaryl/α,β-unsaturated/α-hetero) is 1. The average Bonchev–Trinajstić information content (AvgIpc) is 3.24. The van der Waals surface area contributed by atoms with E-state index < -0.39 is 40.8 Å². The van der Waals surface area contributed by atoms with E-state index in [9.17, 15) is 34.2 Å². The normalized spacial score (nSPS) is 13.7. The summed E-state index contributed by atoms with van der Waals surface area (Å²) in [6.45, 7) is 4.56. The van der Waals surface area contributed by atoms with Crippen LogP contribution in [0.4, 0.5) is 5.69 Å². The largest absolute Gasteiger partial charge is 0.505 e. The van der Waals surface area contributed by atoms with Gasteiger partial charge in [-0.2, -0.15) is 0 Å². The molecule has 16 nitrogen and oxygen atoms in total. The summed E-state index contributed by atoms with van der Waals surface area (Å²) in [7, 11) is 8.19. The van der Waals surface area contributed by atoms with Gasteiger partial charge in [-0.15, -0.1) is 0 Å². The molecule has 1 aliphatic carbocycles. The van der Waals surface area contributed by atoms with Crippen molar-refractivity contribution in [2.24, 2.45) is 0 Å². The summed E-state index contributed by atoms with van der Waals surface area (Å²) in [5, 5.41) is 62.1. The molecule has 16 heteroatoms. The Morgan fingerprint density at radius 2 is 1.28 bits per heavy atom. The Morgan fingerprint density at radius 3 is 1.72 bits per heavy atom. The van der Waals surface area contributed by atoms with Crippen LogP contribution in [0.3, 0.4) is 0 Å². The van der Waals surface area contributed by atoms with Gasteiger partial charge in [-0.05, 0) is 58.3 Å². The Balaban J connectivity index is 0.000000493. The lowest BCUT2D eigenvalue weighted by Crippen LogP contribution is -2.39. The number of carbonyl (C=O) groups excluding carboxylic acids is 1. The number of rotatable bonds is 12. The van der Waals surface area contributed by atoms with Crippen LogP contribution >= 0.6 is 0 Å². The Labute approximate surface area is 306 Å². The molecular weight excluding hydrogens is 708 g/mol. The number of anilines is 1. The standard InChI is InChI=1S/C34H34N2O8.C4H6O6/c1-14-11-16-22-27-23(32(40)31(16)35-9-8-10-36(3)4)17(38)12-19(42-5)25(27)26-20(43-6)13-18(39)24-29(26)28(22)30(21(14)15(2)37)34(44-7)33(24)41;5-1(3(7)8)2(6)4(9)10/h12-13,35,40-41H,8-11H2,1-7H3;1-2,5-6H,(H,7,8)(H,9,10). The second kappa shape index (κ2) is 14.8. The van der Waals surface area contributed by atoms with Gasteiger partial charge in [0.2, 0.25) is 0 Å². The number of carboxylic acids is 2. The maximum atomic E-state index is 13.8. The molecule has 0 heterocycles. The van der Waals surface area contributed by atoms with Crippen LogP contribution in [0.25, 0.3) is 48.7 Å². The summed E-state index contributed by atoms with van der Waals surface area (Å²) < 4.78 is 17.2. The van der Waals surface area contributed by atoms with E-state index in [1.165, 1.54) is 40.4 Å². The van der Waals surface area contributed by atoms with Crippen molar-refractivity contribution in [2.75, 3.05) is 53.8 Å². The van der Waals surface area contributed by atoms with Crippen LogP contribution in [-0.4, -0.2) is 114 Å². The molecule has 2 unspecified atom stereocenters. The van der Waals surface area contributed by atoms with Crippen molar-refractivity contribution in [1.82, 2.24) is 4.90 Å². The van der Waals surface area contributed by atoms with Crippen molar-refractivity contribution >= 4 is 72.1 Å². The lowest BCUT2D eigenvalue weighted by molar-refractivity contribution is -0.165. The topological polar surface area (TPSA) is 250 Å². The number of phenolic OH excluding ortho intramolecular Hbond substituents is 2. The van der Waals surface area contributed by atoms with Gasteiger partial charge in [-0.25, -0.2) is 9.59 Å². The van der Waals surface area contributed by atoms with E-state index in [4.69, 9.17) is 34.6 Å². The quantitative estimate of drug-likeness (QED) is 0.0419. The number of ketones is 1. The molecule has 1 aliphatic rings. The second-order valence-corrected chi connectivity index (χ2v) is 13.2. The Kier molecular flexibility index (Phi) is 10.8. The number of hydrogen-bond donors (Lipinski definition) is 7. The van der Waals surface area contributed by atoms with Gasteiger partial charge >= 0.3 is 11.9 Å². The van der Waals surface area contributed by atoms with E-state index in [-0.39, 0.29) is 46.0 Å². The van der Waals surface area contributed by atoms with E-state index in [0.29, 0.717) is 66.8 Å². The Bertz CT molecular complexity index is 2490. The van der Waals surface area contributed by atoms with Crippen molar-refractivity contribution < 1.29 is 59.2 Å². The summed E-state index contributed by atoms with van der Waals surface area (Å²) in [5.41, 5.74) is 1.39. The molecular formula is C38H40N2O14. The molecule has 0 amide bonds. The van der Waals surface area contributed by atoms with Crippen LogP contribution in [0.2, 0.25) is 0 Å². The number of fused-ring (bicyclic) bond motifs is 1. The molecule has 0 saturated heterocycles. The summed E-state index contributed by atoms with van der Waals surface area (Å²) in [6.07, 6.45) is -3.54. The molecule has 0 fully saturated rings. The third-order valence-electron chi connectivity index (χ3n) is 9.52. The number of aliphatic hydroxyl groups is 2. The number of carbonyl (C=O) groups is 3. The Morgan fingerprint density at radius 1 is 0.778 bits per heavy atom. The fourth-order valence-electron chi connectivity index (χ4n) is 7.33. The number of nitrogens with zero attached hydrogens (tertiary/aromatic N) is 1. The number of methoxy groups -OCH3 is 3. The number of allylic oxidation sites excluding steroid dienone is 2. The average molecular weight is 749 g/mol. The van der Waals surface area contributed by atoms with Crippen molar-refractivity contribution in [3.63, 3.8) is 0 Å². The molecule has 5 aromatic rings. The smallest absolute Gasteiger partial charge is 0.335 e. The first-order chi connectivity index (χ1) is 25.4. The molecule has 0 aromatic heterocycles. The number of phenols is 2. The first-order valence-electron chi connectivity index (χ1n) is 16.6. The number of hydrogen-bond acceptors (Lipinski definition) is 14. The zero-order chi connectivity index (χ0) is 40.1. The summed E-state index contributed by atoms with van der Waals surface area (Å²) in [5.74, 6) is -4.01. The van der Waals surface area contributed by atoms with E-state index in [1.54, 1.807) is 0 Å². The van der Waals surface area contributed by atoms with E-state index in [2.05, 4.69) is 10.2 Å². The molecule has 54 heavy (non-hydrogen) atoms. The molecule has 0 aliphatic heterocycles. The van der Waals surface area contributed by atoms with Crippen LogP contribution in [-0.2, 0) is 20.8 Å². The number of benzene rings is 5. The zero-order valence-electron chi connectivity index (χ0n) is 30.5. The molecule has 0 bridgehead atoms. The summed E-state index contributed by atoms with van der Waals surface area (Å²) in [6, 6.07) is 2.59. The fraction of sp³-hybridized carbons (Fsp3) is 0.342. The van der Waals surface area contributed by atoms with Gasteiger partial charge in [-0.1, -0.05) is 5.57 Å². The minimum Gasteiger partial charge on any atom is -0.505 e. The number of carboxylic acid groups (broad SMARTS) is 2. The molecule has 7 N–H and O–H groups in total. The predicted octanol–water partition coefficient (Wildman–Crippen LogP) is 2.49. The molecule has 6 rings (SSSR count). The van der Waals surface area contributed by atoms with Gasteiger partial charge in [0.05, 0.1) is 37.8 Å². The molecule has 0 saturated carbocycles. The first-order valence-corrected chi connectivity index (χ1v) is 16.6. The van der Waals surface area contributed by atoms with Gasteiger partial charge in [0.15, 0.2) is 46.1 Å². The lowest BCUT2D eigenvalue weighted by atomic mass is 9.82. The van der Waals surface area contributed by atoms with Gasteiger partial charge in [-0.3, -0.25) is 14.4 Å². The highest BCUT2D eigenvalue weighted by molar-refractivity contribution is 6.42. The number of aliphatic carboxylic acids is 2. The van der Waals surface area contributed by atoms with Gasteiger partial charge in [0, 0.05) is 56.7 Å². The van der Waals surface area contributed by atoms with Crippen molar-refractivity contribution in [2.45, 2.75) is 38.9 Å². The van der Waals surface area contributed by atoms with Crippen molar-refractivity contribution in [3.8, 4) is 28.7 Å². The minimum absolute atomic E-state index is 0.00887. The zero-order valence-corrected chi connectivity index (χ0v) is 30.5. The molecule has 286 valence electrons. The Hall–Kier alpha value is -5.97. The lowest BCUT2D eigenvalue weighted by Gasteiger charge is -2.24. The maximum absolute atomic E-state index is 13.8. The van der Waals surface area contributed by atoms with Crippen molar-refractivity contribution in [3.05, 3.63) is 49.3 Å². The van der Waals surface area contributed by atoms with Crippen LogP contribution in [0.5, 0.6) is 28.7 Å². The summed E-state index contributed by atoms with van der Waals surface area (Å²) >= 11 is 0. The van der Waals surface area contributed by atoms with Crippen LogP contribution < -0.4 is 30.4 Å². The van der Waals surface area contributed by atoms with Crippen molar-refractivity contribution in [1.29, 1.82) is 0 Å². The summed E-state index contributed by atoms with van der Waals surface area (Å²) in [4.78, 5) is 62.5. The number of ether oxygens (including phenoxy) is 3. The number of aromatic hydroxyl groups is 2. The molecule has 0 radical (unpaired) electrons. The highest BCUT2D eigenvalue weighted by Crippen LogP contribution is 2.57. The van der Waals surface area contributed by atoms with E-state index in [1.807, 2.05) is 21.0 Å². The molecule has 0 spiro atoms. The number of nitrogens with one attached hydrogen (secondary N) is 1. The van der Waals surface area contributed by atoms with Gasteiger partial charge < -0.3 is 55.1 Å². The van der Waals surface area contributed by atoms with Gasteiger partial charge in [0.25, 0.3) is 0 Å². The fourth-order valence-corrected chi connectivity index (χ4v) is 7.33. The molecule has 2 atom stereocenters.